The lowest BCUT2D eigenvalue weighted by Crippen LogP contribution is -2.28. The molecule has 2 aliphatic heterocycles. The minimum Gasteiger partial charge on any atom is -0.452 e. The number of allylic oxidation sites excluding steroid dienone is 1. The van der Waals surface area contributed by atoms with Crippen LogP contribution in [0.2, 0.25) is 0 Å². The van der Waals surface area contributed by atoms with Gasteiger partial charge in [-0.05, 0) is 75.9 Å². The van der Waals surface area contributed by atoms with Gasteiger partial charge in [0.05, 0.1) is 10.9 Å². The highest BCUT2D eigenvalue weighted by Gasteiger charge is 2.22. The Hall–Kier alpha value is -3.14. The van der Waals surface area contributed by atoms with Crippen molar-refractivity contribution in [2.45, 2.75) is 40.2 Å². The smallest absolute Gasteiger partial charge is 0.160 e. The van der Waals surface area contributed by atoms with Crippen LogP contribution in [-0.4, -0.2) is 18.6 Å². The molecule has 0 saturated carbocycles. The van der Waals surface area contributed by atoms with Crippen LogP contribution in [0.15, 0.2) is 58.5 Å². The van der Waals surface area contributed by atoms with Gasteiger partial charge < -0.3 is 9.64 Å². The van der Waals surface area contributed by atoms with Crippen molar-refractivity contribution in [2.24, 2.45) is 9.98 Å². The molecule has 0 atom stereocenters. The van der Waals surface area contributed by atoms with Crippen molar-refractivity contribution in [3.63, 3.8) is 0 Å². The summed E-state index contributed by atoms with van der Waals surface area (Å²) < 4.78 is 6.43. The Labute approximate surface area is 177 Å². The number of rotatable bonds is 3. The Morgan fingerprint density at radius 1 is 0.967 bits per heavy atom. The van der Waals surface area contributed by atoms with Gasteiger partial charge in [0.15, 0.2) is 11.5 Å². The summed E-state index contributed by atoms with van der Waals surface area (Å²) in [4.78, 5) is 12.2. The maximum Gasteiger partial charge on any atom is 0.160 e. The molecule has 30 heavy (non-hydrogen) atoms. The minimum absolute atomic E-state index is 0.206. The van der Waals surface area contributed by atoms with Crippen LogP contribution in [0.1, 0.15) is 40.2 Å². The van der Waals surface area contributed by atoms with E-state index in [4.69, 9.17) is 14.7 Å². The maximum absolute atomic E-state index is 6.43. The molecule has 0 unspecified atom stereocenters. The fraction of sp³-hybridized carbons (Fsp3) is 0.308. The van der Waals surface area contributed by atoms with Crippen molar-refractivity contribution in [3.05, 3.63) is 64.8 Å². The monoisotopic (exact) mass is 397 g/mol. The second-order valence-electron chi connectivity index (χ2n) is 8.64. The summed E-state index contributed by atoms with van der Waals surface area (Å²) in [6.45, 7) is 12.7. The van der Waals surface area contributed by atoms with E-state index in [0.717, 1.165) is 51.9 Å². The van der Waals surface area contributed by atoms with Crippen molar-refractivity contribution < 1.29 is 4.74 Å². The lowest BCUT2D eigenvalue weighted by Gasteiger charge is -2.24. The number of hydrogen-bond acceptors (Lipinski definition) is 4. The van der Waals surface area contributed by atoms with E-state index < -0.39 is 0 Å². The SMILES string of the molecule is CCN(CC)c1ccc2c3c(ccc2c1)N=c1cc2c(cc1O3)=NC(C)(C)C=C2C. The molecule has 0 aliphatic carbocycles. The minimum atomic E-state index is -0.206. The zero-order chi connectivity index (χ0) is 21.0. The van der Waals surface area contributed by atoms with E-state index in [1.54, 1.807) is 0 Å². The second kappa shape index (κ2) is 6.69. The molecule has 5 rings (SSSR count). The Balaban J connectivity index is 1.67. The molecule has 0 radical (unpaired) electrons. The first-order valence-corrected chi connectivity index (χ1v) is 10.7. The Bertz CT molecular complexity index is 1330. The fourth-order valence-corrected chi connectivity index (χ4v) is 4.58. The highest BCUT2D eigenvalue weighted by Crippen LogP contribution is 2.41. The Morgan fingerprint density at radius 3 is 2.53 bits per heavy atom. The third-order valence-electron chi connectivity index (χ3n) is 6.00. The predicted octanol–water partition coefficient (Wildman–Crippen LogP) is 5.56. The summed E-state index contributed by atoms with van der Waals surface area (Å²) in [7, 11) is 0. The van der Waals surface area contributed by atoms with Gasteiger partial charge in [-0.1, -0.05) is 12.1 Å². The van der Waals surface area contributed by atoms with Gasteiger partial charge >= 0.3 is 0 Å². The molecule has 0 amide bonds. The van der Waals surface area contributed by atoms with Crippen LogP contribution in [0.25, 0.3) is 16.3 Å². The standard InChI is InChI=1S/C26H27N3O/c1-6-29(7-2)18-9-10-19-17(12-18)8-11-21-25(19)30-24-14-22-20(13-23(24)27-21)16(3)15-26(4,5)28-22/h8-15H,6-7H2,1-5H3. The molecule has 4 nitrogen and oxygen atoms in total. The molecule has 0 saturated heterocycles. The number of fused-ring (bicyclic) bond motifs is 5. The van der Waals surface area contributed by atoms with Crippen molar-refractivity contribution in [2.75, 3.05) is 18.0 Å². The van der Waals surface area contributed by atoms with Gasteiger partial charge in [-0.15, -0.1) is 0 Å². The molecule has 2 aliphatic rings. The number of hydrogen-bond donors (Lipinski definition) is 0. The summed E-state index contributed by atoms with van der Waals surface area (Å²) in [5, 5.41) is 4.09. The van der Waals surface area contributed by atoms with E-state index in [-0.39, 0.29) is 5.54 Å². The van der Waals surface area contributed by atoms with Crippen LogP contribution in [0, 0.1) is 0 Å². The van der Waals surface area contributed by atoms with E-state index >= 15 is 0 Å². The molecule has 152 valence electrons. The van der Waals surface area contributed by atoms with Crippen molar-refractivity contribution in [1.29, 1.82) is 0 Å². The van der Waals surface area contributed by atoms with Crippen LogP contribution in [-0.2, 0) is 0 Å². The molecule has 0 aromatic heterocycles. The summed E-state index contributed by atoms with van der Waals surface area (Å²) in [5.41, 5.74) is 4.27. The van der Waals surface area contributed by atoms with Crippen LogP contribution in [0.5, 0.6) is 11.5 Å². The van der Waals surface area contributed by atoms with Gasteiger partial charge in [-0.25, -0.2) is 4.99 Å². The van der Waals surface area contributed by atoms with E-state index in [1.807, 2.05) is 6.07 Å². The van der Waals surface area contributed by atoms with E-state index in [2.05, 4.69) is 82.0 Å². The molecule has 0 N–H and O–H groups in total. The second-order valence-corrected chi connectivity index (χ2v) is 8.64. The zero-order valence-corrected chi connectivity index (χ0v) is 18.3. The number of benzene rings is 3. The van der Waals surface area contributed by atoms with Crippen LogP contribution in [0.3, 0.4) is 0 Å². The van der Waals surface area contributed by atoms with Crippen molar-refractivity contribution in [3.8, 4) is 11.5 Å². The average molecular weight is 398 g/mol. The van der Waals surface area contributed by atoms with Gasteiger partial charge in [0.25, 0.3) is 0 Å². The zero-order valence-electron chi connectivity index (χ0n) is 18.3. The first kappa shape index (κ1) is 18.9. The Morgan fingerprint density at radius 2 is 1.77 bits per heavy atom. The van der Waals surface area contributed by atoms with Gasteiger partial charge in [0, 0.05) is 35.8 Å². The number of anilines is 1. The lowest BCUT2D eigenvalue weighted by molar-refractivity contribution is 0.474. The highest BCUT2D eigenvalue weighted by molar-refractivity contribution is 5.95. The summed E-state index contributed by atoms with van der Waals surface area (Å²) in [5.74, 6) is 1.60. The molecule has 4 heteroatoms. The predicted molar refractivity (Wildman–Crippen MR) is 124 cm³/mol. The largest absolute Gasteiger partial charge is 0.452 e. The first-order chi connectivity index (χ1) is 14.4. The number of nitrogens with zero attached hydrogens (tertiary/aromatic N) is 3. The third kappa shape index (κ3) is 2.98. The maximum atomic E-state index is 6.43. The molecular weight excluding hydrogens is 370 g/mol. The average Bonchev–Trinajstić information content (AvgIpc) is 2.71. The topological polar surface area (TPSA) is 37.2 Å². The summed E-state index contributed by atoms with van der Waals surface area (Å²) in [6.07, 6.45) is 2.21. The molecule has 3 aromatic rings. The molecular formula is C26H27N3O. The number of ether oxygens (including phenoxy) is 1. The fourth-order valence-electron chi connectivity index (χ4n) is 4.58. The van der Waals surface area contributed by atoms with E-state index in [0.29, 0.717) is 0 Å². The van der Waals surface area contributed by atoms with Gasteiger partial charge in [-0.3, -0.25) is 4.99 Å². The van der Waals surface area contributed by atoms with Crippen molar-refractivity contribution in [1.82, 2.24) is 0 Å². The van der Waals surface area contributed by atoms with Gasteiger partial charge in [0.2, 0.25) is 0 Å². The van der Waals surface area contributed by atoms with Crippen LogP contribution < -0.4 is 20.4 Å². The van der Waals surface area contributed by atoms with Gasteiger partial charge in [-0.2, -0.15) is 0 Å². The normalized spacial score (nSPS) is 15.7. The van der Waals surface area contributed by atoms with Crippen molar-refractivity contribution >= 4 is 27.7 Å². The molecule has 0 spiro atoms. The lowest BCUT2D eigenvalue weighted by atomic mass is 9.94. The highest BCUT2D eigenvalue weighted by atomic mass is 16.5. The summed E-state index contributed by atoms with van der Waals surface area (Å²) in [6, 6.07) is 14.9. The summed E-state index contributed by atoms with van der Waals surface area (Å²) >= 11 is 0. The van der Waals surface area contributed by atoms with E-state index in [1.165, 1.54) is 16.6 Å². The van der Waals surface area contributed by atoms with E-state index in [9.17, 15) is 0 Å². The Kier molecular flexibility index (Phi) is 4.21. The van der Waals surface area contributed by atoms with Crippen LogP contribution >= 0.6 is 0 Å². The van der Waals surface area contributed by atoms with Gasteiger partial charge in [0.1, 0.15) is 11.0 Å². The molecule has 0 bridgehead atoms. The quantitative estimate of drug-likeness (QED) is 0.454. The first-order valence-electron chi connectivity index (χ1n) is 10.7. The molecule has 0 fully saturated rings. The molecule has 3 aromatic carbocycles. The molecule has 2 heterocycles. The van der Waals surface area contributed by atoms with Crippen LogP contribution in [0.4, 0.5) is 11.4 Å². The third-order valence-corrected chi connectivity index (χ3v) is 6.00.